The second-order valence-electron chi connectivity index (χ2n) is 8.20. The minimum Gasteiger partial charge on any atom is -0.480 e. The van der Waals surface area contributed by atoms with Gasteiger partial charge in [0.1, 0.15) is 13.2 Å². The number of likely N-dealkylation sites (tertiary alicyclic amines) is 1. The maximum atomic E-state index is 12.3. The summed E-state index contributed by atoms with van der Waals surface area (Å²) in [6.07, 6.45) is -0.672. The number of hydrogen-bond donors (Lipinski definition) is 2. The summed E-state index contributed by atoms with van der Waals surface area (Å²) in [4.78, 5) is 36.7. The Hall–Kier alpha value is -3.39. The lowest BCUT2D eigenvalue weighted by atomic mass is 9.98. The highest BCUT2D eigenvalue weighted by Crippen LogP contribution is 2.44. The van der Waals surface area contributed by atoms with Crippen LogP contribution in [-0.2, 0) is 19.1 Å². The van der Waals surface area contributed by atoms with E-state index in [9.17, 15) is 14.4 Å². The summed E-state index contributed by atoms with van der Waals surface area (Å²) in [5.41, 5.74) is 4.61. The molecule has 1 aliphatic carbocycles. The second-order valence-corrected chi connectivity index (χ2v) is 8.20. The van der Waals surface area contributed by atoms with Crippen molar-refractivity contribution < 1.29 is 29.0 Å². The van der Waals surface area contributed by atoms with Gasteiger partial charge in [-0.25, -0.2) is 9.59 Å². The smallest absolute Gasteiger partial charge is 0.407 e. The zero-order chi connectivity index (χ0) is 22.7. The van der Waals surface area contributed by atoms with E-state index in [1.54, 1.807) is 11.8 Å². The zero-order valence-corrected chi connectivity index (χ0v) is 17.8. The quantitative estimate of drug-likeness (QED) is 0.657. The molecule has 1 atom stereocenters. The first-order valence-corrected chi connectivity index (χ1v) is 10.6. The standard InChI is InChI=1S/C24H26N2O6/c1-15(10-22(27)26-11-16(12-26)31-14-23(28)29)25-24(30)32-13-21-19-8-4-2-6-17(19)18-7-3-5-9-20(18)21/h2-9,15-16,21H,10-14H2,1H3,(H,25,30)(H,28,29)/t15-/m0/s1. The van der Waals surface area contributed by atoms with E-state index in [0.717, 1.165) is 22.3 Å². The van der Waals surface area contributed by atoms with E-state index in [2.05, 4.69) is 29.6 Å². The Labute approximate surface area is 186 Å². The van der Waals surface area contributed by atoms with E-state index >= 15 is 0 Å². The van der Waals surface area contributed by atoms with Crippen LogP contribution in [0.2, 0.25) is 0 Å². The molecule has 0 aromatic heterocycles. The van der Waals surface area contributed by atoms with Gasteiger partial charge < -0.3 is 24.8 Å². The average Bonchev–Trinajstić information content (AvgIpc) is 3.04. The molecule has 0 saturated carbocycles. The summed E-state index contributed by atoms with van der Waals surface area (Å²) in [5.74, 6) is -1.17. The largest absolute Gasteiger partial charge is 0.480 e. The minimum absolute atomic E-state index is 0.0195. The number of carbonyl (C=O) groups excluding carboxylic acids is 2. The summed E-state index contributed by atoms with van der Waals surface area (Å²) >= 11 is 0. The SMILES string of the molecule is C[C@@H](CC(=O)N1CC(OCC(=O)O)C1)NC(=O)OCC1c2ccccc2-c2ccccc21. The van der Waals surface area contributed by atoms with Gasteiger partial charge in [0.25, 0.3) is 0 Å². The number of nitrogens with zero attached hydrogens (tertiary/aromatic N) is 1. The number of nitrogens with one attached hydrogen (secondary N) is 1. The normalized spacial score (nSPS) is 16.0. The highest BCUT2D eigenvalue weighted by Gasteiger charge is 2.33. The molecule has 2 N–H and O–H groups in total. The first-order valence-electron chi connectivity index (χ1n) is 10.6. The maximum absolute atomic E-state index is 12.3. The average molecular weight is 438 g/mol. The number of fused-ring (bicyclic) bond motifs is 3. The fourth-order valence-corrected chi connectivity index (χ4v) is 4.22. The number of ether oxygens (including phenoxy) is 2. The number of alkyl carbamates (subject to hydrolysis) is 1. The first kappa shape index (κ1) is 21.8. The second kappa shape index (κ2) is 9.40. The lowest BCUT2D eigenvalue weighted by Crippen LogP contribution is -2.56. The molecule has 8 heteroatoms. The number of amides is 2. The fraction of sp³-hybridized carbons (Fsp3) is 0.375. The number of aliphatic carboxylic acids is 1. The molecule has 8 nitrogen and oxygen atoms in total. The molecule has 0 unspecified atom stereocenters. The van der Waals surface area contributed by atoms with Crippen molar-refractivity contribution in [3.63, 3.8) is 0 Å². The molecule has 168 valence electrons. The van der Waals surface area contributed by atoms with E-state index in [1.807, 2.05) is 24.3 Å². The van der Waals surface area contributed by atoms with E-state index in [0.29, 0.717) is 13.1 Å². The number of rotatable bonds is 8. The third kappa shape index (κ3) is 4.75. The fourth-order valence-electron chi connectivity index (χ4n) is 4.22. The molecule has 1 fully saturated rings. The minimum atomic E-state index is -1.03. The number of carboxylic acids is 1. The molecule has 2 aliphatic rings. The summed E-state index contributed by atoms with van der Waals surface area (Å²) in [6, 6.07) is 15.9. The topological polar surface area (TPSA) is 105 Å². The molecule has 2 aromatic rings. The maximum Gasteiger partial charge on any atom is 0.407 e. The summed E-state index contributed by atoms with van der Waals surface area (Å²) in [7, 11) is 0. The van der Waals surface area contributed by atoms with Crippen LogP contribution >= 0.6 is 0 Å². The molecule has 0 radical (unpaired) electrons. The van der Waals surface area contributed by atoms with E-state index in [-0.39, 0.29) is 37.6 Å². The number of carbonyl (C=O) groups is 3. The Balaban J connectivity index is 1.23. The molecular weight excluding hydrogens is 412 g/mol. The van der Waals surface area contributed by atoms with Crippen molar-refractivity contribution in [2.45, 2.75) is 31.4 Å². The van der Waals surface area contributed by atoms with Gasteiger partial charge in [-0.05, 0) is 29.2 Å². The highest BCUT2D eigenvalue weighted by molar-refractivity contribution is 5.80. The van der Waals surface area contributed by atoms with Gasteiger partial charge in [-0.1, -0.05) is 48.5 Å². The molecular formula is C24H26N2O6. The molecule has 4 rings (SSSR count). The highest BCUT2D eigenvalue weighted by atomic mass is 16.5. The Kier molecular flexibility index (Phi) is 6.41. The lowest BCUT2D eigenvalue weighted by Gasteiger charge is -2.39. The number of hydrogen-bond acceptors (Lipinski definition) is 5. The van der Waals surface area contributed by atoms with Gasteiger partial charge in [0, 0.05) is 31.5 Å². The first-order chi connectivity index (χ1) is 15.4. The molecule has 32 heavy (non-hydrogen) atoms. The van der Waals surface area contributed by atoms with Crippen LogP contribution in [0, 0.1) is 0 Å². The van der Waals surface area contributed by atoms with Gasteiger partial charge in [-0.2, -0.15) is 0 Å². The molecule has 2 amide bonds. The van der Waals surface area contributed by atoms with E-state index in [1.165, 1.54) is 0 Å². The van der Waals surface area contributed by atoms with Gasteiger partial charge in [-0.15, -0.1) is 0 Å². The number of benzene rings is 2. The monoisotopic (exact) mass is 438 g/mol. The molecule has 0 spiro atoms. The predicted molar refractivity (Wildman–Crippen MR) is 116 cm³/mol. The zero-order valence-electron chi connectivity index (χ0n) is 17.8. The van der Waals surface area contributed by atoms with Gasteiger partial charge in [0.05, 0.1) is 6.10 Å². The lowest BCUT2D eigenvalue weighted by molar-refractivity contribution is -0.154. The van der Waals surface area contributed by atoms with Crippen molar-refractivity contribution in [3.8, 4) is 11.1 Å². The Morgan fingerprint density at radius 2 is 1.66 bits per heavy atom. The summed E-state index contributed by atoms with van der Waals surface area (Å²) < 4.78 is 10.7. The molecule has 2 aromatic carbocycles. The van der Waals surface area contributed by atoms with E-state index < -0.39 is 18.1 Å². The molecule has 0 bridgehead atoms. The van der Waals surface area contributed by atoms with Crippen LogP contribution in [0.25, 0.3) is 11.1 Å². The van der Waals surface area contributed by atoms with Crippen molar-refractivity contribution in [1.82, 2.24) is 10.2 Å². The van der Waals surface area contributed by atoms with Crippen LogP contribution in [0.4, 0.5) is 4.79 Å². The van der Waals surface area contributed by atoms with Gasteiger partial charge in [-0.3, -0.25) is 4.79 Å². The molecule has 1 heterocycles. The third-order valence-corrected chi connectivity index (χ3v) is 5.83. The Bertz CT molecular complexity index is 972. The summed E-state index contributed by atoms with van der Waals surface area (Å²) in [6.45, 7) is 2.33. The van der Waals surface area contributed by atoms with Gasteiger partial charge in [0.15, 0.2) is 0 Å². The van der Waals surface area contributed by atoms with Crippen molar-refractivity contribution >= 4 is 18.0 Å². The Morgan fingerprint density at radius 3 is 2.25 bits per heavy atom. The van der Waals surface area contributed by atoms with Crippen molar-refractivity contribution in [2.24, 2.45) is 0 Å². The van der Waals surface area contributed by atoms with Crippen molar-refractivity contribution in [2.75, 3.05) is 26.3 Å². The van der Waals surface area contributed by atoms with Crippen LogP contribution in [-0.4, -0.2) is 66.4 Å². The van der Waals surface area contributed by atoms with Gasteiger partial charge >= 0.3 is 12.1 Å². The van der Waals surface area contributed by atoms with Crippen LogP contribution in [0.5, 0.6) is 0 Å². The van der Waals surface area contributed by atoms with Crippen LogP contribution < -0.4 is 5.32 Å². The van der Waals surface area contributed by atoms with Crippen LogP contribution in [0.15, 0.2) is 48.5 Å². The van der Waals surface area contributed by atoms with Crippen LogP contribution in [0.3, 0.4) is 0 Å². The predicted octanol–water partition coefficient (Wildman–Crippen LogP) is 2.62. The van der Waals surface area contributed by atoms with Crippen LogP contribution in [0.1, 0.15) is 30.4 Å². The Morgan fingerprint density at radius 1 is 1.06 bits per heavy atom. The molecule has 1 aliphatic heterocycles. The molecule has 1 saturated heterocycles. The van der Waals surface area contributed by atoms with E-state index in [4.69, 9.17) is 14.6 Å². The summed E-state index contributed by atoms with van der Waals surface area (Å²) in [5, 5.41) is 11.3. The number of carboxylic acid groups (broad SMARTS) is 1. The van der Waals surface area contributed by atoms with Crippen molar-refractivity contribution in [3.05, 3.63) is 59.7 Å². The van der Waals surface area contributed by atoms with Gasteiger partial charge in [0.2, 0.25) is 5.91 Å². The van der Waals surface area contributed by atoms with Crippen molar-refractivity contribution in [1.29, 1.82) is 0 Å². The third-order valence-electron chi connectivity index (χ3n) is 5.83.